The molecule has 0 bridgehead atoms. The second kappa shape index (κ2) is 7.13. The molecule has 0 atom stereocenters. The fraction of sp³-hybridized carbons (Fsp3) is 0.333. The molecule has 1 aromatic heterocycles. The number of carbonyl (C=O) groups is 1. The van der Waals surface area contributed by atoms with Crippen molar-refractivity contribution in [2.45, 2.75) is 12.8 Å². The highest BCUT2D eigenvalue weighted by Gasteiger charge is 2.21. The molecule has 2 heterocycles. The lowest BCUT2D eigenvalue weighted by atomic mass is 10.1. The minimum atomic E-state index is 0.147. The lowest BCUT2D eigenvalue weighted by Crippen LogP contribution is -2.49. The van der Waals surface area contributed by atoms with E-state index in [1.165, 1.54) is 0 Å². The number of hydrogen-bond acceptors (Lipinski definition) is 4. The van der Waals surface area contributed by atoms with E-state index in [4.69, 9.17) is 0 Å². The van der Waals surface area contributed by atoms with Gasteiger partial charge in [-0.25, -0.2) is 4.98 Å². The van der Waals surface area contributed by atoms with Gasteiger partial charge >= 0.3 is 0 Å². The highest BCUT2D eigenvalue weighted by Crippen LogP contribution is 2.18. The van der Waals surface area contributed by atoms with Crippen LogP contribution in [0.5, 0.6) is 5.75 Å². The number of rotatable bonds is 4. The van der Waals surface area contributed by atoms with E-state index < -0.39 is 0 Å². The van der Waals surface area contributed by atoms with Gasteiger partial charge in [0.15, 0.2) is 0 Å². The lowest BCUT2D eigenvalue weighted by molar-refractivity contribution is -0.131. The van der Waals surface area contributed by atoms with E-state index >= 15 is 0 Å². The van der Waals surface area contributed by atoms with Crippen LogP contribution in [0.2, 0.25) is 0 Å². The van der Waals surface area contributed by atoms with Crippen LogP contribution < -0.4 is 4.90 Å². The number of benzene rings is 1. The zero-order chi connectivity index (χ0) is 16.1. The molecule has 1 fully saturated rings. The second-order valence-corrected chi connectivity index (χ2v) is 5.68. The number of piperazine rings is 1. The van der Waals surface area contributed by atoms with Crippen LogP contribution in [-0.2, 0) is 11.2 Å². The van der Waals surface area contributed by atoms with Gasteiger partial charge in [0, 0.05) is 38.8 Å². The summed E-state index contributed by atoms with van der Waals surface area (Å²) >= 11 is 0. The van der Waals surface area contributed by atoms with E-state index in [0.717, 1.165) is 37.6 Å². The first-order valence-electron chi connectivity index (χ1n) is 7.94. The van der Waals surface area contributed by atoms with Crippen molar-refractivity contribution in [2.24, 2.45) is 0 Å². The number of amides is 1. The predicted molar refractivity (Wildman–Crippen MR) is 89.5 cm³/mol. The Hall–Kier alpha value is -2.56. The van der Waals surface area contributed by atoms with E-state index in [1.54, 1.807) is 18.3 Å². The largest absolute Gasteiger partial charge is 0.508 e. The molecule has 0 unspecified atom stereocenters. The zero-order valence-corrected chi connectivity index (χ0v) is 13.1. The van der Waals surface area contributed by atoms with Crippen LogP contribution in [0.3, 0.4) is 0 Å². The van der Waals surface area contributed by atoms with Crippen molar-refractivity contribution in [3.05, 3.63) is 54.2 Å². The fourth-order valence-corrected chi connectivity index (χ4v) is 2.85. The maximum Gasteiger partial charge on any atom is 0.223 e. The molecule has 0 spiro atoms. The van der Waals surface area contributed by atoms with Crippen LogP contribution in [0.15, 0.2) is 48.7 Å². The van der Waals surface area contributed by atoms with Gasteiger partial charge in [-0.1, -0.05) is 24.3 Å². The summed E-state index contributed by atoms with van der Waals surface area (Å²) < 4.78 is 0. The summed E-state index contributed by atoms with van der Waals surface area (Å²) in [6.45, 7) is 3.05. The number of aryl methyl sites for hydroxylation is 1. The Labute approximate surface area is 136 Å². The number of anilines is 1. The summed E-state index contributed by atoms with van der Waals surface area (Å²) in [5.41, 5.74) is 0.827. The maximum absolute atomic E-state index is 12.3. The van der Waals surface area contributed by atoms with Gasteiger partial charge < -0.3 is 14.9 Å². The Morgan fingerprint density at radius 2 is 1.78 bits per heavy atom. The first kappa shape index (κ1) is 15.3. The molecule has 1 aliphatic rings. The van der Waals surface area contributed by atoms with Gasteiger partial charge in [-0.15, -0.1) is 0 Å². The number of aromatic hydroxyl groups is 1. The maximum atomic E-state index is 12.3. The zero-order valence-electron chi connectivity index (χ0n) is 13.1. The van der Waals surface area contributed by atoms with Crippen molar-refractivity contribution in [2.75, 3.05) is 31.1 Å². The summed E-state index contributed by atoms with van der Waals surface area (Å²) in [7, 11) is 0. The van der Waals surface area contributed by atoms with E-state index in [-0.39, 0.29) is 11.7 Å². The molecular weight excluding hydrogens is 290 g/mol. The van der Waals surface area contributed by atoms with Crippen LogP contribution in [-0.4, -0.2) is 47.1 Å². The quantitative estimate of drug-likeness (QED) is 0.939. The number of para-hydroxylation sites is 1. The van der Waals surface area contributed by atoms with E-state index in [0.29, 0.717) is 12.8 Å². The SMILES string of the molecule is O=C(CCc1ccccc1O)N1CCN(c2ccccn2)CC1. The van der Waals surface area contributed by atoms with Crippen molar-refractivity contribution >= 4 is 11.7 Å². The van der Waals surface area contributed by atoms with Crippen molar-refractivity contribution in [3.63, 3.8) is 0 Å². The molecule has 1 aromatic carbocycles. The molecule has 120 valence electrons. The Balaban J connectivity index is 1.50. The van der Waals surface area contributed by atoms with E-state index in [2.05, 4.69) is 9.88 Å². The third kappa shape index (κ3) is 3.80. The summed E-state index contributed by atoms with van der Waals surface area (Å²) in [6.07, 6.45) is 2.80. The number of hydrogen-bond donors (Lipinski definition) is 1. The topological polar surface area (TPSA) is 56.7 Å². The minimum absolute atomic E-state index is 0.147. The van der Waals surface area contributed by atoms with Crippen LogP contribution in [0, 0.1) is 0 Å². The van der Waals surface area contributed by atoms with Crippen molar-refractivity contribution in [1.82, 2.24) is 9.88 Å². The van der Waals surface area contributed by atoms with Crippen LogP contribution in [0.1, 0.15) is 12.0 Å². The molecule has 0 radical (unpaired) electrons. The molecule has 0 saturated carbocycles. The molecule has 0 aliphatic carbocycles. The van der Waals surface area contributed by atoms with Crippen LogP contribution >= 0.6 is 0 Å². The Morgan fingerprint density at radius 1 is 1.04 bits per heavy atom. The number of aromatic nitrogens is 1. The monoisotopic (exact) mass is 311 g/mol. The van der Waals surface area contributed by atoms with Gasteiger partial charge in [0.2, 0.25) is 5.91 Å². The fourth-order valence-electron chi connectivity index (χ4n) is 2.85. The Morgan fingerprint density at radius 3 is 2.48 bits per heavy atom. The minimum Gasteiger partial charge on any atom is -0.508 e. The number of pyridine rings is 1. The molecule has 1 N–H and O–H groups in total. The standard InChI is InChI=1S/C18H21N3O2/c22-16-6-2-1-5-15(16)8-9-18(23)21-13-11-20(12-14-21)17-7-3-4-10-19-17/h1-7,10,22H,8-9,11-14H2. The van der Waals surface area contributed by atoms with Gasteiger partial charge in [0.1, 0.15) is 11.6 Å². The Kier molecular flexibility index (Phi) is 4.76. The molecule has 1 amide bonds. The smallest absolute Gasteiger partial charge is 0.223 e. The molecule has 5 heteroatoms. The molecule has 23 heavy (non-hydrogen) atoms. The van der Waals surface area contributed by atoms with Crippen molar-refractivity contribution < 1.29 is 9.90 Å². The third-order valence-corrected chi connectivity index (χ3v) is 4.21. The highest BCUT2D eigenvalue weighted by atomic mass is 16.3. The van der Waals surface area contributed by atoms with Gasteiger partial charge in [-0.3, -0.25) is 4.79 Å². The Bertz CT molecular complexity index is 652. The molecule has 1 aliphatic heterocycles. The molecular formula is C18H21N3O2. The number of carbonyl (C=O) groups excluding carboxylic acids is 1. The molecule has 2 aromatic rings. The normalized spacial score (nSPS) is 14.8. The predicted octanol–water partition coefficient (Wildman–Crippen LogP) is 2.07. The van der Waals surface area contributed by atoms with E-state index in [9.17, 15) is 9.90 Å². The number of phenols is 1. The summed E-state index contributed by atoms with van der Waals surface area (Å²) in [5.74, 6) is 1.38. The number of nitrogens with zero attached hydrogens (tertiary/aromatic N) is 3. The van der Waals surface area contributed by atoms with E-state index in [1.807, 2.05) is 35.2 Å². The average molecular weight is 311 g/mol. The van der Waals surface area contributed by atoms with Gasteiger partial charge in [0.05, 0.1) is 0 Å². The number of phenolic OH excluding ortho intramolecular Hbond substituents is 1. The van der Waals surface area contributed by atoms with Crippen LogP contribution in [0.25, 0.3) is 0 Å². The summed E-state index contributed by atoms with van der Waals surface area (Å²) in [6, 6.07) is 13.1. The summed E-state index contributed by atoms with van der Waals surface area (Å²) in [4.78, 5) is 20.8. The summed E-state index contributed by atoms with van der Waals surface area (Å²) in [5, 5.41) is 9.76. The third-order valence-electron chi connectivity index (χ3n) is 4.21. The van der Waals surface area contributed by atoms with Crippen LogP contribution in [0.4, 0.5) is 5.82 Å². The molecule has 3 rings (SSSR count). The second-order valence-electron chi connectivity index (χ2n) is 5.68. The van der Waals surface area contributed by atoms with Crippen molar-refractivity contribution in [3.8, 4) is 5.75 Å². The lowest BCUT2D eigenvalue weighted by Gasteiger charge is -2.35. The highest BCUT2D eigenvalue weighted by molar-refractivity contribution is 5.77. The molecule has 1 saturated heterocycles. The molecule has 5 nitrogen and oxygen atoms in total. The average Bonchev–Trinajstić information content (AvgIpc) is 2.62. The van der Waals surface area contributed by atoms with Gasteiger partial charge in [0.25, 0.3) is 0 Å². The van der Waals surface area contributed by atoms with Gasteiger partial charge in [-0.2, -0.15) is 0 Å². The first-order valence-corrected chi connectivity index (χ1v) is 7.94. The van der Waals surface area contributed by atoms with Crippen molar-refractivity contribution in [1.29, 1.82) is 0 Å². The first-order chi connectivity index (χ1) is 11.2. The van der Waals surface area contributed by atoms with Gasteiger partial charge in [-0.05, 0) is 30.2 Å².